The van der Waals surface area contributed by atoms with Gasteiger partial charge in [0.2, 0.25) is 0 Å². The van der Waals surface area contributed by atoms with Crippen molar-refractivity contribution in [3.8, 4) is 0 Å². The molecule has 0 spiro atoms. The van der Waals surface area contributed by atoms with Crippen LogP contribution >= 0.6 is 0 Å². The van der Waals surface area contributed by atoms with Crippen LogP contribution in [0.4, 0.5) is 5.69 Å². The molecule has 0 aromatic heterocycles. The van der Waals surface area contributed by atoms with Crippen LogP contribution in [0, 0.1) is 6.92 Å². The Kier molecular flexibility index (Phi) is 3.64. The number of anilines is 1. The fourth-order valence-electron chi connectivity index (χ4n) is 2.37. The van der Waals surface area contributed by atoms with Crippen LogP contribution in [0.2, 0.25) is 0 Å². The zero-order valence-corrected chi connectivity index (χ0v) is 11.5. The second kappa shape index (κ2) is 4.90. The summed E-state index contributed by atoms with van der Waals surface area (Å²) >= 11 is 0. The molecule has 0 bridgehead atoms. The quantitative estimate of drug-likeness (QED) is 0.847. The molecule has 1 fully saturated rings. The van der Waals surface area contributed by atoms with E-state index in [2.05, 4.69) is 0 Å². The van der Waals surface area contributed by atoms with Gasteiger partial charge in [-0.3, -0.25) is 0 Å². The first-order valence-electron chi connectivity index (χ1n) is 6.09. The van der Waals surface area contributed by atoms with Crippen LogP contribution in [0.5, 0.6) is 0 Å². The standard InChI is InChI=1S/C13H19NO3S/c1-9-11(4-3-5-12(9)14)8-18(15,16)13-6-7-17-10(13)2/h3-5,10,13H,6-8,14H2,1-2H3. The fourth-order valence-corrected chi connectivity index (χ4v) is 4.45. The van der Waals surface area contributed by atoms with Crippen molar-refractivity contribution in [1.29, 1.82) is 0 Å². The van der Waals surface area contributed by atoms with E-state index in [4.69, 9.17) is 10.5 Å². The first-order valence-corrected chi connectivity index (χ1v) is 7.80. The van der Waals surface area contributed by atoms with Crippen LogP contribution < -0.4 is 5.73 Å². The van der Waals surface area contributed by atoms with Gasteiger partial charge in [-0.25, -0.2) is 8.42 Å². The first-order chi connectivity index (χ1) is 8.42. The Hall–Kier alpha value is -1.07. The molecule has 4 nitrogen and oxygen atoms in total. The minimum atomic E-state index is -3.18. The van der Waals surface area contributed by atoms with Gasteiger partial charge in [0, 0.05) is 12.3 Å². The Morgan fingerprint density at radius 1 is 1.44 bits per heavy atom. The Balaban J connectivity index is 2.25. The zero-order chi connectivity index (χ0) is 13.3. The lowest BCUT2D eigenvalue weighted by atomic mass is 10.1. The maximum Gasteiger partial charge on any atom is 0.159 e. The molecule has 5 heteroatoms. The zero-order valence-electron chi connectivity index (χ0n) is 10.7. The molecule has 1 aromatic carbocycles. The Bertz CT molecular complexity index is 539. The monoisotopic (exact) mass is 269 g/mol. The summed E-state index contributed by atoms with van der Waals surface area (Å²) in [6.07, 6.45) is 0.376. The summed E-state index contributed by atoms with van der Waals surface area (Å²) in [5.74, 6) is 0.0439. The molecule has 0 radical (unpaired) electrons. The molecule has 1 heterocycles. The van der Waals surface area contributed by atoms with Gasteiger partial charge in [-0.1, -0.05) is 12.1 Å². The van der Waals surface area contributed by atoms with Gasteiger partial charge in [0.05, 0.1) is 17.1 Å². The van der Waals surface area contributed by atoms with E-state index in [1.807, 2.05) is 19.9 Å². The van der Waals surface area contributed by atoms with E-state index in [1.165, 1.54) is 0 Å². The van der Waals surface area contributed by atoms with Crippen LogP contribution in [-0.2, 0) is 20.3 Å². The van der Waals surface area contributed by atoms with E-state index in [9.17, 15) is 8.42 Å². The Labute approximate surface area is 108 Å². The molecule has 2 unspecified atom stereocenters. The summed E-state index contributed by atoms with van der Waals surface area (Å²) in [6.45, 7) is 4.21. The highest BCUT2D eigenvalue weighted by atomic mass is 32.2. The SMILES string of the molecule is Cc1c(N)cccc1CS(=O)(=O)C1CCOC1C. The molecule has 2 N–H and O–H groups in total. The molecule has 0 saturated carbocycles. The molecule has 2 rings (SSSR count). The summed E-state index contributed by atoms with van der Waals surface area (Å²) in [5.41, 5.74) is 8.08. The van der Waals surface area contributed by atoms with Gasteiger partial charge < -0.3 is 10.5 Å². The van der Waals surface area contributed by atoms with E-state index in [0.29, 0.717) is 18.7 Å². The Morgan fingerprint density at radius 2 is 2.17 bits per heavy atom. The molecule has 1 saturated heterocycles. The molecule has 18 heavy (non-hydrogen) atoms. The van der Waals surface area contributed by atoms with Crippen LogP contribution in [0.15, 0.2) is 18.2 Å². The van der Waals surface area contributed by atoms with E-state index >= 15 is 0 Å². The van der Waals surface area contributed by atoms with Crippen molar-refractivity contribution in [2.24, 2.45) is 0 Å². The molecule has 1 aliphatic heterocycles. The smallest absolute Gasteiger partial charge is 0.159 e. The minimum absolute atomic E-state index is 0.0439. The van der Waals surface area contributed by atoms with Gasteiger partial charge in [0.25, 0.3) is 0 Å². The van der Waals surface area contributed by atoms with Gasteiger partial charge >= 0.3 is 0 Å². The molecule has 0 aliphatic carbocycles. The number of ether oxygens (including phenoxy) is 1. The maximum absolute atomic E-state index is 12.4. The van der Waals surface area contributed by atoms with Gasteiger partial charge in [-0.2, -0.15) is 0 Å². The van der Waals surface area contributed by atoms with Crippen molar-refractivity contribution < 1.29 is 13.2 Å². The Morgan fingerprint density at radius 3 is 2.78 bits per heavy atom. The molecule has 2 atom stereocenters. The summed E-state index contributed by atoms with van der Waals surface area (Å²) in [6, 6.07) is 5.40. The van der Waals surface area contributed by atoms with Gasteiger partial charge in [-0.15, -0.1) is 0 Å². The van der Waals surface area contributed by atoms with Crippen molar-refractivity contribution in [3.05, 3.63) is 29.3 Å². The van der Waals surface area contributed by atoms with Gasteiger partial charge in [0.15, 0.2) is 9.84 Å². The summed E-state index contributed by atoms with van der Waals surface area (Å²) < 4.78 is 30.1. The lowest BCUT2D eigenvalue weighted by Crippen LogP contribution is -2.29. The average Bonchev–Trinajstić information content (AvgIpc) is 2.72. The normalized spacial score (nSPS) is 24.3. The third-order valence-corrected chi connectivity index (χ3v) is 5.87. The van der Waals surface area contributed by atoms with Crippen LogP contribution in [0.1, 0.15) is 24.5 Å². The summed E-state index contributed by atoms with van der Waals surface area (Å²) in [5, 5.41) is -0.390. The molecular weight excluding hydrogens is 250 g/mol. The second-order valence-electron chi connectivity index (χ2n) is 4.84. The van der Waals surface area contributed by atoms with Crippen molar-refractivity contribution in [1.82, 2.24) is 0 Å². The summed E-state index contributed by atoms with van der Waals surface area (Å²) in [4.78, 5) is 0. The third kappa shape index (κ3) is 2.52. The number of sulfone groups is 1. The number of hydrogen-bond donors (Lipinski definition) is 1. The minimum Gasteiger partial charge on any atom is -0.399 e. The van der Waals surface area contributed by atoms with Crippen molar-refractivity contribution >= 4 is 15.5 Å². The molecular formula is C13H19NO3S. The predicted molar refractivity (Wildman–Crippen MR) is 72.0 cm³/mol. The number of benzene rings is 1. The van der Waals surface area contributed by atoms with Crippen molar-refractivity contribution in [3.63, 3.8) is 0 Å². The highest BCUT2D eigenvalue weighted by molar-refractivity contribution is 7.91. The van der Waals surface area contributed by atoms with E-state index in [-0.39, 0.29) is 11.9 Å². The highest BCUT2D eigenvalue weighted by Crippen LogP contribution is 2.26. The lowest BCUT2D eigenvalue weighted by molar-refractivity contribution is 0.126. The van der Waals surface area contributed by atoms with Crippen molar-refractivity contribution in [2.45, 2.75) is 37.4 Å². The lowest BCUT2D eigenvalue weighted by Gasteiger charge is -2.16. The van der Waals surface area contributed by atoms with E-state index < -0.39 is 15.1 Å². The highest BCUT2D eigenvalue weighted by Gasteiger charge is 2.35. The fraction of sp³-hybridized carbons (Fsp3) is 0.538. The number of nitrogen functional groups attached to an aromatic ring is 1. The maximum atomic E-state index is 12.4. The average molecular weight is 269 g/mol. The molecule has 0 amide bonds. The molecule has 1 aliphatic rings. The van der Waals surface area contributed by atoms with Crippen molar-refractivity contribution in [2.75, 3.05) is 12.3 Å². The number of hydrogen-bond acceptors (Lipinski definition) is 4. The second-order valence-corrected chi connectivity index (χ2v) is 7.06. The van der Waals surface area contributed by atoms with Gasteiger partial charge in [-0.05, 0) is 37.5 Å². The summed E-state index contributed by atoms with van der Waals surface area (Å²) in [7, 11) is -3.18. The first kappa shape index (κ1) is 13.4. The van der Waals surface area contributed by atoms with Gasteiger partial charge in [0.1, 0.15) is 0 Å². The van der Waals surface area contributed by atoms with Crippen LogP contribution in [0.25, 0.3) is 0 Å². The van der Waals surface area contributed by atoms with Crippen LogP contribution in [0.3, 0.4) is 0 Å². The number of nitrogens with two attached hydrogens (primary N) is 1. The van der Waals surface area contributed by atoms with E-state index in [0.717, 1.165) is 11.1 Å². The molecule has 100 valence electrons. The third-order valence-electron chi connectivity index (χ3n) is 3.61. The largest absolute Gasteiger partial charge is 0.399 e. The topological polar surface area (TPSA) is 69.4 Å². The predicted octanol–water partition coefficient (Wildman–Crippen LogP) is 1.67. The van der Waals surface area contributed by atoms with E-state index in [1.54, 1.807) is 12.1 Å². The molecule has 1 aromatic rings. The van der Waals surface area contributed by atoms with Crippen LogP contribution in [-0.4, -0.2) is 26.4 Å². The number of rotatable bonds is 3.